The minimum Gasteiger partial charge on any atom is -0.396 e. The number of fused-ring (bicyclic) bond motifs is 3. The number of alkyl halides is 3. The van der Waals surface area contributed by atoms with E-state index in [-0.39, 0.29) is 12.3 Å². The number of hydrogen-bond donors (Lipinski definition) is 1. The lowest BCUT2D eigenvalue weighted by Crippen LogP contribution is -2.12. The van der Waals surface area contributed by atoms with Gasteiger partial charge in [0.25, 0.3) is 0 Å². The Morgan fingerprint density at radius 1 is 1.19 bits per heavy atom. The number of halogens is 3. The summed E-state index contributed by atoms with van der Waals surface area (Å²) in [5, 5.41) is 17.1. The van der Waals surface area contributed by atoms with E-state index in [2.05, 4.69) is 15.2 Å². The maximum absolute atomic E-state index is 13.5. The van der Waals surface area contributed by atoms with Crippen molar-refractivity contribution in [3.63, 3.8) is 0 Å². The van der Waals surface area contributed by atoms with Gasteiger partial charge in [-0.15, -0.1) is 10.2 Å². The van der Waals surface area contributed by atoms with Crippen LogP contribution in [0.5, 0.6) is 0 Å². The van der Waals surface area contributed by atoms with Crippen LogP contribution in [-0.2, 0) is 12.6 Å². The highest BCUT2D eigenvalue weighted by Gasteiger charge is 2.38. The number of rotatable bonds is 5. The van der Waals surface area contributed by atoms with Gasteiger partial charge in [0, 0.05) is 11.9 Å². The first kappa shape index (κ1) is 18.5. The summed E-state index contributed by atoms with van der Waals surface area (Å²) in [4.78, 5) is 4.61. The molecule has 3 aromatic rings. The van der Waals surface area contributed by atoms with Gasteiger partial charge in [-0.05, 0) is 43.4 Å². The summed E-state index contributed by atoms with van der Waals surface area (Å²) in [7, 11) is 0. The van der Waals surface area contributed by atoms with Crippen molar-refractivity contribution >= 4 is 28.4 Å². The Kier molecular flexibility index (Phi) is 4.98. The van der Waals surface area contributed by atoms with Crippen molar-refractivity contribution in [3.05, 3.63) is 29.6 Å². The van der Waals surface area contributed by atoms with Gasteiger partial charge < -0.3 is 5.11 Å². The summed E-state index contributed by atoms with van der Waals surface area (Å²) in [6.07, 6.45) is 0.867. The molecule has 144 valence electrons. The van der Waals surface area contributed by atoms with E-state index >= 15 is 0 Å². The zero-order chi connectivity index (χ0) is 19.0. The number of aromatic nitrogens is 4. The number of benzene rings is 1. The summed E-state index contributed by atoms with van der Waals surface area (Å²) < 4.78 is 41.7. The summed E-state index contributed by atoms with van der Waals surface area (Å²) in [6.45, 7) is 0.0308. The Labute approximate surface area is 158 Å². The molecule has 9 heteroatoms. The monoisotopic (exact) mass is 396 g/mol. The van der Waals surface area contributed by atoms with Crippen LogP contribution in [0.1, 0.15) is 43.5 Å². The molecule has 0 aliphatic heterocycles. The van der Waals surface area contributed by atoms with E-state index in [9.17, 15) is 13.2 Å². The molecule has 0 amide bonds. The molecular formula is C18H19F3N4OS. The van der Waals surface area contributed by atoms with Gasteiger partial charge in [0.2, 0.25) is 5.82 Å². The summed E-state index contributed by atoms with van der Waals surface area (Å²) in [6, 6.07) is 5.27. The molecule has 0 atom stereocenters. The minimum atomic E-state index is -4.61. The van der Waals surface area contributed by atoms with Crippen molar-refractivity contribution in [1.82, 2.24) is 19.6 Å². The third-order valence-electron chi connectivity index (χ3n) is 4.81. The van der Waals surface area contributed by atoms with Gasteiger partial charge in [0.05, 0.1) is 11.0 Å². The van der Waals surface area contributed by atoms with Gasteiger partial charge in [0.15, 0.2) is 5.65 Å². The second-order valence-corrected chi connectivity index (χ2v) is 8.06. The number of hydrogen-bond acceptors (Lipinski definition) is 5. The quantitative estimate of drug-likeness (QED) is 0.698. The van der Waals surface area contributed by atoms with Crippen molar-refractivity contribution in [3.8, 4) is 0 Å². The molecular weight excluding hydrogens is 377 g/mol. The Morgan fingerprint density at radius 2 is 1.96 bits per heavy atom. The highest BCUT2D eigenvalue weighted by Crippen LogP contribution is 2.38. The molecule has 5 nitrogen and oxygen atoms in total. The second-order valence-electron chi connectivity index (χ2n) is 6.77. The van der Waals surface area contributed by atoms with Crippen LogP contribution in [0.4, 0.5) is 13.2 Å². The van der Waals surface area contributed by atoms with Crippen LogP contribution in [-0.4, -0.2) is 36.5 Å². The highest BCUT2D eigenvalue weighted by molar-refractivity contribution is 8.00. The van der Waals surface area contributed by atoms with Gasteiger partial charge in [-0.1, -0.05) is 30.7 Å². The topological polar surface area (TPSA) is 63.3 Å². The van der Waals surface area contributed by atoms with Crippen LogP contribution < -0.4 is 0 Å². The van der Waals surface area contributed by atoms with E-state index in [1.165, 1.54) is 11.8 Å². The van der Waals surface area contributed by atoms with E-state index in [1.54, 1.807) is 12.1 Å². The Hall–Kier alpha value is -1.87. The predicted octanol–water partition coefficient (Wildman–Crippen LogP) is 4.26. The number of thioether (sulfide) groups is 1. The van der Waals surface area contributed by atoms with E-state index in [0.29, 0.717) is 34.2 Å². The number of aliphatic hydroxyl groups is 1. The maximum atomic E-state index is 13.5. The average Bonchev–Trinajstić information content (AvgIpc) is 3.29. The first-order valence-corrected chi connectivity index (χ1v) is 9.88. The smallest absolute Gasteiger partial charge is 0.396 e. The third kappa shape index (κ3) is 3.62. The molecule has 1 aliphatic rings. The fourth-order valence-electron chi connectivity index (χ4n) is 3.52. The third-order valence-corrected chi connectivity index (χ3v) is 6.12. The molecule has 1 N–H and O–H groups in total. The normalized spacial score (nSPS) is 16.0. The van der Waals surface area contributed by atoms with Gasteiger partial charge in [-0.2, -0.15) is 13.2 Å². The zero-order valence-corrected chi connectivity index (χ0v) is 15.4. The van der Waals surface area contributed by atoms with Crippen LogP contribution in [0.3, 0.4) is 0 Å². The largest absolute Gasteiger partial charge is 0.452 e. The molecule has 27 heavy (non-hydrogen) atoms. The molecule has 1 aliphatic carbocycles. The number of aryl methyl sites for hydroxylation is 1. The minimum absolute atomic E-state index is 0.0308. The van der Waals surface area contributed by atoms with E-state index in [4.69, 9.17) is 5.11 Å². The van der Waals surface area contributed by atoms with Gasteiger partial charge in [-0.3, -0.25) is 4.40 Å². The first-order valence-electron chi connectivity index (χ1n) is 9.00. The molecule has 1 saturated carbocycles. The SMILES string of the molecule is OCCCc1ccc2nc(SC3CCCC3)c3nnc(C(F)(F)F)n3c2c1. The molecule has 0 radical (unpaired) electrons. The molecule has 2 heterocycles. The fraction of sp³-hybridized carbons (Fsp3) is 0.500. The average molecular weight is 396 g/mol. The van der Waals surface area contributed by atoms with Crippen LogP contribution >= 0.6 is 11.8 Å². The molecule has 4 rings (SSSR count). The standard InChI is InChI=1S/C18H19F3N4OS/c19-18(20,21)17-24-23-15-16(27-12-5-1-2-6-12)22-13-8-7-11(4-3-9-26)10-14(13)25(15)17/h7-8,10,12,26H,1-6,9H2. The lowest BCUT2D eigenvalue weighted by Gasteiger charge is -2.13. The Bertz CT molecular complexity index is 967. The summed E-state index contributed by atoms with van der Waals surface area (Å²) in [5.74, 6) is -1.03. The maximum Gasteiger partial charge on any atom is 0.452 e. The van der Waals surface area contributed by atoms with Crippen LogP contribution in [0.2, 0.25) is 0 Å². The van der Waals surface area contributed by atoms with Gasteiger partial charge in [-0.25, -0.2) is 4.98 Å². The van der Waals surface area contributed by atoms with Gasteiger partial charge in [0.1, 0.15) is 5.03 Å². The van der Waals surface area contributed by atoms with Crippen molar-refractivity contribution in [1.29, 1.82) is 0 Å². The number of nitrogens with zero attached hydrogens (tertiary/aromatic N) is 4. The molecule has 0 saturated heterocycles. The molecule has 0 unspecified atom stereocenters. The van der Waals surface area contributed by atoms with E-state index in [1.807, 2.05) is 6.07 Å². The fourth-order valence-corrected chi connectivity index (χ4v) is 4.79. The zero-order valence-electron chi connectivity index (χ0n) is 14.5. The van der Waals surface area contributed by atoms with Gasteiger partial charge >= 0.3 is 6.18 Å². The lowest BCUT2D eigenvalue weighted by atomic mass is 10.1. The summed E-state index contributed by atoms with van der Waals surface area (Å²) in [5.41, 5.74) is 1.83. The van der Waals surface area contributed by atoms with Crippen LogP contribution in [0.15, 0.2) is 23.2 Å². The van der Waals surface area contributed by atoms with Crippen molar-refractivity contribution in [2.45, 2.75) is 55.0 Å². The second kappa shape index (κ2) is 7.27. The number of aliphatic hydroxyl groups excluding tert-OH is 1. The molecule has 1 fully saturated rings. The first-order chi connectivity index (χ1) is 13.0. The molecule has 1 aromatic carbocycles. The molecule has 2 aromatic heterocycles. The molecule has 0 bridgehead atoms. The van der Waals surface area contributed by atoms with Crippen molar-refractivity contribution in [2.24, 2.45) is 0 Å². The van der Waals surface area contributed by atoms with Crippen LogP contribution in [0.25, 0.3) is 16.7 Å². The van der Waals surface area contributed by atoms with Crippen molar-refractivity contribution in [2.75, 3.05) is 6.61 Å². The van der Waals surface area contributed by atoms with E-state index in [0.717, 1.165) is 35.6 Å². The Balaban J connectivity index is 1.90. The predicted molar refractivity (Wildman–Crippen MR) is 96.8 cm³/mol. The van der Waals surface area contributed by atoms with E-state index < -0.39 is 12.0 Å². The van der Waals surface area contributed by atoms with Crippen molar-refractivity contribution < 1.29 is 18.3 Å². The lowest BCUT2D eigenvalue weighted by molar-refractivity contribution is -0.145. The summed E-state index contributed by atoms with van der Waals surface area (Å²) >= 11 is 1.50. The molecule has 0 spiro atoms. The highest BCUT2D eigenvalue weighted by atomic mass is 32.2. The van der Waals surface area contributed by atoms with Crippen LogP contribution in [0, 0.1) is 0 Å². The Morgan fingerprint density at radius 3 is 2.67 bits per heavy atom.